The molecule has 3 atom stereocenters. The molecule has 1 aliphatic rings. The molecule has 0 radical (unpaired) electrons. The van der Waals surface area contributed by atoms with Gasteiger partial charge in [-0.25, -0.2) is 9.37 Å². The van der Waals surface area contributed by atoms with Crippen LogP contribution in [0.3, 0.4) is 0 Å². The highest BCUT2D eigenvalue weighted by Crippen LogP contribution is 2.40. The van der Waals surface area contributed by atoms with Crippen LogP contribution in [0.4, 0.5) is 10.1 Å². The number of aromatic nitrogens is 2. The lowest BCUT2D eigenvalue weighted by Gasteiger charge is -2.54. The molecule has 0 aliphatic carbocycles. The molecule has 0 bridgehead atoms. The summed E-state index contributed by atoms with van der Waals surface area (Å²) in [7, 11) is 3.17. The first-order valence-electron chi connectivity index (χ1n) is 13.6. The van der Waals surface area contributed by atoms with Crippen molar-refractivity contribution in [2.75, 3.05) is 31.7 Å². The van der Waals surface area contributed by atoms with E-state index in [9.17, 15) is 24.8 Å². The minimum Gasteiger partial charge on any atom is -0.380 e. The van der Waals surface area contributed by atoms with Crippen molar-refractivity contribution in [2.24, 2.45) is 7.05 Å². The predicted octanol–water partition coefficient (Wildman–Crippen LogP) is 3.84. The molecule has 10 heteroatoms. The van der Waals surface area contributed by atoms with Crippen molar-refractivity contribution in [3.8, 4) is 12.1 Å². The number of halogens is 1. The lowest BCUT2D eigenvalue weighted by atomic mass is 9.90. The third-order valence-electron chi connectivity index (χ3n) is 8.00. The van der Waals surface area contributed by atoms with Gasteiger partial charge in [0.15, 0.2) is 5.72 Å². The number of piperazine rings is 1. The number of aryl methyl sites for hydroxylation is 1. The molecule has 214 valence electrons. The smallest absolute Gasteiger partial charge is 0.252 e. The predicted molar refractivity (Wildman–Crippen MR) is 156 cm³/mol. The second-order valence-electron chi connectivity index (χ2n) is 10.5. The molecule has 1 fully saturated rings. The molecule has 3 heterocycles. The van der Waals surface area contributed by atoms with Crippen LogP contribution < -0.4 is 10.5 Å². The van der Waals surface area contributed by atoms with E-state index in [0.717, 1.165) is 11.1 Å². The third kappa shape index (κ3) is 5.24. The number of ether oxygens (including phenoxy) is 1. The quantitative estimate of drug-likeness (QED) is 0.359. The fourth-order valence-corrected chi connectivity index (χ4v) is 5.86. The van der Waals surface area contributed by atoms with Gasteiger partial charge < -0.3 is 19.3 Å². The van der Waals surface area contributed by atoms with E-state index in [0.29, 0.717) is 35.2 Å². The lowest BCUT2D eigenvalue weighted by Crippen LogP contribution is -2.68. The molecule has 42 heavy (non-hydrogen) atoms. The van der Waals surface area contributed by atoms with Gasteiger partial charge in [0.2, 0.25) is 0 Å². The van der Waals surface area contributed by atoms with E-state index in [4.69, 9.17) is 4.74 Å². The number of methoxy groups -OCH3 is 1. The number of fused-ring (bicyclic) bond motifs is 1. The molecular formula is C32H31FN6O3. The fraction of sp³-hybridized carbons (Fsp3) is 0.312. The average molecular weight is 567 g/mol. The number of nitriles is 2. The van der Waals surface area contributed by atoms with Crippen molar-refractivity contribution in [2.45, 2.75) is 31.2 Å². The van der Waals surface area contributed by atoms with Crippen LogP contribution >= 0.6 is 0 Å². The molecule has 9 nitrogen and oxygen atoms in total. The summed E-state index contributed by atoms with van der Waals surface area (Å²) in [6.45, 7) is 2.39. The summed E-state index contributed by atoms with van der Waals surface area (Å²) in [5, 5.41) is 31.3. The summed E-state index contributed by atoms with van der Waals surface area (Å²) in [4.78, 5) is 21.5. The van der Waals surface area contributed by atoms with Crippen LogP contribution in [0.1, 0.15) is 41.8 Å². The maximum atomic E-state index is 14.0. The molecule has 2 aromatic heterocycles. The van der Waals surface area contributed by atoms with Crippen molar-refractivity contribution in [3.63, 3.8) is 0 Å². The number of anilines is 1. The molecule has 1 unspecified atom stereocenters. The van der Waals surface area contributed by atoms with Crippen molar-refractivity contribution in [3.05, 3.63) is 105 Å². The first kappa shape index (κ1) is 28.9. The van der Waals surface area contributed by atoms with Gasteiger partial charge in [-0.2, -0.15) is 10.5 Å². The topological polar surface area (TPSA) is 118 Å². The molecule has 1 aliphatic heterocycles. The Balaban J connectivity index is 1.67. The van der Waals surface area contributed by atoms with Gasteiger partial charge in [-0.1, -0.05) is 31.2 Å². The zero-order chi connectivity index (χ0) is 30.0. The zero-order valence-corrected chi connectivity index (χ0v) is 23.7. The third-order valence-corrected chi connectivity index (χ3v) is 8.00. The van der Waals surface area contributed by atoms with Gasteiger partial charge in [-0.05, 0) is 53.9 Å². The van der Waals surface area contributed by atoms with E-state index in [1.807, 2.05) is 28.9 Å². The molecule has 2 aromatic carbocycles. The Kier molecular flexibility index (Phi) is 8.06. The number of hydrogen-bond acceptors (Lipinski definition) is 8. The molecule has 1 saturated heterocycles. The number of hydrogen-bond donors (Lipinski definition) is 1. The minimum absolute atomic E-state index is 0.0619. The Morgan fingerprint density at radius 1 is 1.10 bits per heavy atom. The number of pyridine rings is 2. The largest absolute Gasteiger partial charge is 0.380 e. The molecule has 0 saturated carbocycles. The van der Waals surface area contributed by atoms with Crippen LogP contribution in [0.25, 0.3) is 11.0 Å². The summed E-state index contributed by atoms with van der Waals surface area (Å²) in [5.74, 6) is -0.373. The minimum atomic E-state index is -1.56. The molecule has 4 aromatic rings. The fourth-order valence-electron chi connectivity index (χ4n) is 5.86. The van der Waals surface area contributed by atoms with Gasteiger partial charge in [-0.15, -0.1) is 0 Å². The van der Waals surface area contributed by atoms with Crippen molar-refractivity contribution in [1.29, 1.82) is 10.5 Å². The highest BCUT2D eigenvalue weighted by atomic mass is 19.1. The highest BCUT2D eigenvalue weighted by molar-refractivity contribution is 5.89. The summed E-state index contributed by atoms with van der Waals surface area (Å²) in [6, 6.07) is 21.6. The molecule has 5 rings (SSSR count). The first-order chi connectivity index (χ1) is 20.2. The summed E-state index contributed by atoms with van der Waals surface area (Å²) < 4.78 is 21.0. The van der Waals surface area contributed by atoms with Crippen molar-refractivity contribution < 1.29 is 14.2 Å². The van der Waals surface area contributed by atoms with Crippen LogP contribution in [0.15, 0.2) is 71.5 Å². The first-order valence-corrected chi connectivity index (χ1v) is 13.6. The zero-order valence-electron chi connectivity index (χ0n) is 23.7. The van der Waals surface area contributed by atoms with Gasteiger partial charge in [0.25, 0.3) is 5.56 Å². The number of rotatable bonds is 7. The Labute approximate surface area is 243 Å². The van der Waals surface area contributed by atoms with Crippen LogP contribution in [-0.2, 0) is 11.8 Å². The average Bonchev–Trinajstić information content (AvgIpc) is 3.00. The Hall–Kier alpha value is -4.61. The normalized spacial score (nSPS) is 19.8. The van der Waals surface area contributed by atoms with Crippen LogP contribution in [0.2, 0.25) is 0 Å². The van der Waals surface area contributed by atoms with E-state index in [1.54, 1.807) is 43.4 Å². The van der Waals surface area contributed by atoms with Crippen molar-refractivity contribution in [1.82, 2.24) is 14.5 Å². The monoisotopic (exact) mass is 566 g/mol. The van der Waals surface area contributed by atoms with E-state index in [-0.39, 0.29) is 36.3 Å². The molecule has 1 N–H and O–H groups in total. The summed E-state index contributed by atoms with van der Waals surface area (Å²) in [6.07, 6.45) is 0.664. The van der Waals surface area contributed by atoms with Crippen LogP contribution in [-0.4, -0.2) is 58.1 Å². The van der Waals surface area contributed by atoms with E-state index in [2.05, 4.69) is 17.1 Å². The van der Waals surface area contributed by atoms with Gasteiger partial charge in [0, 0.05) is 32.8 Å². The number of aliphatic hydroxyl groups is 1. The standard InChI is InChI=1S/C32H31FN6O3/c1-4-26-18-39(31(23-9-11-24(33)12-10-23)22-7-5-21(16-34)6-8-22)32(41,20-42-3)19-38(26)28-15-29(40)37(2)27-14-13-25(17-35)36-30(27)28/h5-15,26,31,41H,4,18-20H2,1-3H3/t26-,31?,32-/m0/s1. The second-order valence-corrected chi connectivity index (χ2v) is 10.5. The van der Waals surface area contributed by atoms with E-state index < -0.39 is 11.8 Å². The SMILES string of the molecule is CC[C@H]1CN(C(c2ccc(F)cc2)c2ccc(C#N)cc2)[C@@](O)(COC)CN1c1cc(=O)n(C)c2ccc(C#N)nc12. The number of benzene rings is 2. The Bertz CT molecular complexity index is 1740. The van der Waals surface area contributed by atoms with E-state index in [1.165, 1.54) is 29.9 Å². The maximum absolute atomic E-state index is 14.0. The van der Waals surface area contributed by atoms with Gasteiger partial charge in [0.05, 0.1) is 42.0 Å². The summed E-state index contributed by atoms with van der Waals surface area (Å²) in [5.41, 5.74) is 2.10. The van der Waals surface area contributed by atoms with Gasteiger partial charge in [-0.3, -0.25) is 9.69 Å². The number of nitrogens with zero attached hydrogens (tertiary/aromatic N) is 6. The molecule has 0 spiro atoms. The van der Waals surface area contributed by atoms with Gasteiger partial charge >= 0.3 is 0 Å². The maximum Gasteiger partial charge on any atom is 0.252 e. The van der Waals surface area contributed by atoms with Crippen molar-refractivity contribution >= 4 is 16.7 Å². The molecular weight excluding hydrogens is 535 g/mol. The number of β-amino-alcohol motifs (C(OH)–C–C–N with tert-alkyl or cyclic N) is 1. The Morgan fingerprint density at radius 3 is 2.36 bits per heavy atom. The lowest BCUT2D eigenvalue weighted by molar-refractivity contribution is -0.167. The second kappa shape index (κ2) is 11.7. The molecule has 0 amide bonds. The van der Waals surface area contributed by atoms with Crippen LogP contribution in [0, 0.1) is 28.5 Å². The Morgan fingerprint density at radius 2 is 1.76 bits per heavy atom. The van der Waals surface area contributed by atoms with Gasteiger partial charge in [0.1, 0.15) is 23.1 Å². The summed E-state index contributed by atoms with van der Waals surface area (Å²) >= 11 is 0. The van der Waals surface area contributed by atoms with E-state index >= 15 is 0 Å². The van der Waals surface area contributed by atoms with Crippen LogP contribution in [0.5, 0.6) is 0 Å². The highest BCUT2D eigenvalue weighted by Gasteiger charge is 2.48.